The lowest BCUT2D eigenvalue weighted by Gasteiger charge is -2.22. The second-order valence-corrected chi connectivity index (χ2v) is 7.42. The van der Waals surface area contributed by atoms with Crippen LogP contribution in [-0.2, 0) is 4.79 Å². The summed E-state index contributed by atoms with van der Waals surface area (Å²) in [6.45, 7) is 2.30. The molecule has 4 rings (SSSR count). The molecule has 4 aliphatic rings. The molecule has 0 aromatic rings. The van der Waals surface area contributed by atoms with Crippen molar-refractivity contribution in [2.45, 2.75) is 63.5 Å². The van der Waals surface area contributed by atoms with Crippen LogP contribution < -0.4 is 5.32 Å². The van der Waals surface area contributed by atoms with Crippen molar-refractivity contribution >= 4 is 5.91 Å². The first-order chi connectivity index (χ1) is 9.28. The van der Waals surface area contributed by atoms with Gasteiger partial charge in [-0.2, -0.15) is 0 Å². The van der Waals surface area contributed by atoms with E-state index in [4.69, 9.17) is 0 Å². The summed E-state index contributed by atoms with van der Waals surface area (Å²) in [5.41, 5.74) is 0. The van der Waals surface area contributed by atoms with Crippen LogP contribution in [0.3, 0.4) is 0 Å². The van der Waals surface area contributed by atoms with Gasteiger partial charge in [0.05, 0.1) is 0 Å². The Labute approximate surface area is 116 Å². The fourth-order valence-electron chi connectivity index (χ4n) is 4.83. The summed E-state index contributed by atoms with van der Waals surface area (Å²) < 4.78 is 0. The first-order valence-corrected chi connectivity index (χ1v) is 8.31. The smallest absolute Gasteiger partial charge is 0.220 e. The van der Waals surface area contributed by atoms with Gasteiger partial charge in [0.15, 0.2) is 0 Å². The second-order valence-electron chi connectivity index (χ2n) is 7.42. The number of hydrogen-bond acceptors (Lipinski definition) is 2. The molecular weight excluding hydrogens is 236 g/mol. The van der Waals surface area contributed by atoms with E-state index < -0.39 is 0 Å². The number of likely N-dealkylation sites (tertiary alicyclic amines) is 1. The maximum Gasteiger partial charge on any atom is 0.220 e. The van der Waals surface area contributed by atoms with Crippen molar-refractivity contribution in [1.82, 2.24) is 10.2 Å². The van der Waals surface area contributed by atoms with Crippen molar-refractivity contribution in [2.24, 2.45) is 17.8 Å². The average Bonchev–Trinajstić information content (AvgIpc) is 2.83. The zero-order valence-electron chi connectivity index (χ0n) is 11.8. The predicted molar refractivity (Wildman–Crippen MR) is 74.7 cm³/mol. The van der Waals surface area contributed by atoms with E-state index in [2.05, 4.69) is 10.2 Å². The lowest BCUT2D eigenvalue weighted by Crippen LogP contribution is -2.38. The van der Waals surface area contributed by atoms with Gasteiger partial charge in [-0.25, -0.2) is 0 Å². The Morgan fingerprint density at radius 1 is 1.11 bits per heavy atom. The number of nitrogens with zero attached hydrogens (tertiary/aromatic N) is 1. The molecule has 0 radical (unpaired) electrons. The standard InChI is InChI=1S/C16H26N2O/c19-16(9-13-8-11-1-2-12(13)7-11)17-14-5-6-18(10-14)15-3-4-15/h11-15H,1-10H2,(H,17,19)/t11-,12-,13-,14-/m0/s1. The van der Waals surface area contributed by atoms with Crippen molar-refractivity contribution in [2.75, 3.05) is 13.1 Å². The quantitative estimate of drug-likeness (QED) is 0.842. The molecule has 3 heteroatoms. The number of fused-ring (bicyclic) bond motifs is 2. The van der Waals surface area contributed by atoms with Gasteiger partial charge in [-0.15, -0.1) is 0 Å². The Hall–Kier alpha value is -0.570. The van der Waals surface area contributed by atoms with Crippen LogP contribution in [0, 0.1) is 17.8 Å². The van der Waals surface area contributed by atoms with Crippen LogP contribution in [0.1, 0.15) is 51.4 Å². The lowest BCUT2D eigenvalue weighted by molar-refractivity contribution is -0.123. The maximum absolute atomic E-state index is 12.2. The van der Waals surface area contributed by atoms with E-state index in [1.54, 1.807) is 0 Å². The van der Waals surface area contributed by atoms with Crippen LogP contribution >= 0.6 is 0 Å². The Morgan fingerprint density at radius 3 is 2.68 bits per heavy atom. The van der Waals surface area contributed by atoms with Gasteiger partial charge in [-0.3, -0.25) is 9.69 Å². The molecule has 106 valence electrons. The van der Waals surface area contributed by atoms with Gasteiger partial charge < -0.3 is 5.32 Å². The highest BCUT2D eigenvalue weighted by Gasteiger charge is 2.40. The zero-order chi connectivity index (χ0) is 12.8. The second kappa shape index (κ2) is 4.76. The van der Waals surface area contributed by atoms with Crippen LogP contribution in [-0.4, -0.2) is 36.0 Å². The molecule has 1 amide bonds. The Balaban J connectivity index is 1.23. The summed E-state index contributed by atoms with van der Waals surface area (Å²) in [6, 6.07) is 1.29. The highest BCUT2D eigenvalue weighted by Crippen LogP contribution is 2.49. The third kappa shape index (κ3) is 2.54. The van der Waals surface area contributed by atoms with Crippen LogP contribution in [0.25, 0.3) is 0 Å². The molecule has 19 heavy (non-hydrogen) atoms. The molecule has 0 unspecified atom stereocenters. The van der Waals surface area contributed by atoms with Gasteiger partial charge >= 0.3 is 0 Å². The highest BCUT2D eigenvalue weighted by atomic mass is 16.1. The number of carbonyl (C=O) groups excluding carboxylic acids is 1. The van der Waals surface area contributed by atoms with Gasteiger partial charge in [-0.05, 0) is 56.3 Å². The molecule has 4 fully saturated rings. The summed E-state index contributed by atoms with van der Waals surface area (Å²) in [5.74, 6) is 2.88. The normalized spacial score (nSPS) is 41.9. The monoisotopic (exact) mass is 262 g/mol. The molecule has 3 saturated carbocycles. The van der Waals surface area contributed by atoms with E-state index in [1.807, 2.05) is 0 Å². The molecular formula is C16H26N2O. The van der Waals surface area contributed by atoms with Gasteiger partial charge in [0, 0.05) is 31.6 Å². The van der Waals surface area contributed by atoms with Crippen LogP contribution in [0.15, 0.2) is 0 Å². The van der Waals surface area contributed by atoms with Crippen LogP contribution in [0.2, 0.25) is 0 Å². The van der Waals surface area contributed by atoms with E-state index in [0.29, 0.717) is 17.9 Å². The van der Waals surface area contributed by atoms with Crippen molar-refractivity contribution in [3.63, 3.8) is 0 Å². The summed E-state index contributed by atoms with van der Waals surface area (Å²) >= 11 is 0. The fraction of sp³-hybridized carbons (Fsp3) is 0.938. The van der Waals surface area contributed by atoms with Gasteiger partial charge in [0.1, 0.15) is 0 Å². The molecule has 3 nitrogen and oxygen atoms in total. The van der Waals surface area contributed by atoms with Crippen LogP contribution in [0.4, 0.5) is 0 Å². The van der Waals surface area contributed by atoms with Crippen molar-refractivity contribution in [3.8, 4) is 0 Å². The summed E-state index contributed by atoms with van der Waals surface area (Å²) in [6.07, 6.45) is 10.3. The third-order valence-electron chi connectivity index (χ3n) is 5.98. The molecule has 0 spiro atoms. The highest BCUT2D eigenvalue weighted by molar-refractivity contribution is 5.76. The fourth-order valence-corrected chi connectivity index (χ4v) is 4.83. The third-order valence-corrected chi connectivity index (χ3v) is 5.98. The largest absolute Gasteiger partial charge is 0.352 e. The van der Waals surface area contributed by atoms with E-state index in [9.17, 15) is 4.79 Å². The molecule has 2 bridgehead atoms. The molecule has 1 saturated heterocycles. The van der Waals surface area contributed by atoms with Gasteiger partial charge in [0.2, 0.25) is 5.91 Å². The van der Waals surface area contributed by atoms with Gasteiger partial charge in [0.25, 0.3) is 0 Å². The topological polar surface area (TPSA) is 32.3 Å². The minimum absolute atomic E-state index is 0.334. The Bertz CT molecular complexity index is 366. The van der Waals surface area contributed by atoms with Crippen molar-refractivity contribution in [3.05, 3.63) is 0 Å². The maximum atomic E-state index is 12.2. The van der Waals surface area contributed by atoms with E-state index in [1.165, 1.54) is 51.5 Å². The SMILES string of the molecule is O=C(C[C@@H]1C[C@H]2CC[C@H]1C2)N[C@H]1CCN(C2CC2)C1. The minimum atomic E-state index is 0.334. The predicted octanol–water partition coefficient (Wildman–Crippen LogP) is 2.17. The van der Waals surface area contributed by atoms with Crippen LogP contribution in [0.5, 0.6) is 0 Å². The first kappa shape index (κ1) is 12.2. The minimum Gasteiger partial charge on any atom is -0.352 e. The molecule has 3 aliphatic carbocycles. The number of nitrogens with one attached hydrogen (secondary N) is 1. The zero-order valence-corrected chi connectivity index (χ0v) is 11.8. The molecule has 0 aromatic carbocycles. The Kier molecular flexibility index (Phi) is 3.06. The molecule has 1 aliphatic heterocycles. The molecule has 0 aromatic heterocycles. The number of amides is 1. The van der Waals surface area contributed by atoms with Crippen molar-refractivity contribution in [1.29, 1.82) is 0 Å². The lowest BCUT2D eigenvalue weighted by atomic mass is 9.86. The Morgan fingerprint density at radius 2 is 2.00 bits per heavy atom. The first-order valence-electron chi connectivity index (χ1n) is 8.31. The molecule has 1 heterocycles. The summed E-state index contributed by atoms with van der Waals surface area (Å²) in [4.78, 5) is 14.8. The van der Waals surface area contributed by atoms with Crippen molar-refractivity contribution < 1.29 is 4.79 Å². The summed E-state index contributed by atoms with van der Waals surface area (Å²) in [7, 11) is 0. The summed E-state index contributed by atoms with van der Waals surface area (Å²) in [5, 5.41) is 3.30. The average molecular weight is 262 g/mol. The number of rotatable bonds is 4. The molecule has 4 atom stereocenters. The number of hydrogen-bond donors (Lipinski definition) is 1. The van der Waals surface area contributed by atoms with Gasteiger partial charge in [-0.1, -0.05) is 6.42 Å². The van der Waals surface area contributed by atoms with E-state index in [0.717, 1.165) is 30.8 Å². The number of carbonyl (C=O) groups is 1. The van der Waals surface area contributed by atoms with E-state index in [-0.39, 0.29) is 0 Å². The van der Waals surface area contributed by atoms with E-state index >= 15 is 0 Å². The molecule has 1 N–H and O–H groups in total.